The molecule has 3 rings (SSSR count). The third-order valence-corrected chi connectivity index (χ3v) is 6.08. The summed E-state index contributed by atoms with van der Waals surface area (Å²) in [5, 5.41) is 14.1. The number of benzene rings is 1. The van der Waals surface area contributed by atoms with Gasteiger partial charge in [0.1, 0.15) is 4.90 Å². The Bertz CT molecular complexity index is 679. The van der Waals surface area contributed by atoms with Gasteiger partial charge in [-0.15, -0.1) is 0 Å². The van der Waals surface area contributed by atoms with Crippen LogP contribution in [-0.4, -0.2) is 37.3 Å². The Morgan fingerprint density at radius 1 is 1.27 bits per heavy atom. The molecule has 1 heterocycles. The topological polar surface area (TPSA) is 92.5 Å². The lowest BCUT2D eigenvalue weighted by Crippen LogP contribution is -2.28. The number of nitrogens with zero attached hydrogens (tertiary/aromatic N) is 2. The van der Waals surface area contributed by atoms with Crippen molar-refractivity contribution in [1.82, 2.24) is 4.31 Å². The Morgan fingerprint density at radius 2 is 1.95 bits per heavy atom. The molecular formula is C14H19N3O4S. The molecule has 1 saturated heterocycles. The number of nitrogens with one attached hydrogen (secondary N) is 1. The number of nitro groups is 1. The molecule has 0 aromatic heterocycles. The minimum absolute atomic E-state index is 0.0178. The lowest BCUT2D eigenvalue weighted by atomic mass is 10.2. The van der Waals surface area contributed by atoms with Crippen LogP contribution < -0.4 is 5.32 Å². The van der Waals surface area contributed by atoms with Crippen LogP contribution >= 0.6 is 0 Å². The molecule has 22 heavy (non-hydrogen) atoms. The molecule has 1 aromatic carbocycles. The fourth-order valence-electron chi connectivity index (χ4n) is 2.63. The zero-order chi connectivity index (χ0) is 15.7. The minimum atomic E-state index is -3.69. The molecule has 1 aromatic rings. The van der Waals surface area contributed by atoms with Crippen molar-refractivity contribution in [2.24, 2.45) is 5.92 Å². The lowest BCUT2D eigenvalue weighted by Gasteiger charge is -2.18. The molecule has 1 aliphatic heterocycles. The Morgan fingerprint density at radius 3 is 2.55 bits per heavy atom. The molecule has 8 heteroatoms. The van der Waals surface area contributed by atoms with Crippen LogP contribution in [0.3, 0.4) is 0 Å². The Balaban J connectivity index is 1.96. The molecule has 2 aliphatic rings. The van der Waals surface area contributed by atoms with Crippen molar-refractivity contribution in [3.8, 4) is 0 Å². The van der Waals surface area contributed by atoms with Crippen LogP contribution in [0.1, 0.15) is 25.7 Å². The number of anilines is 1. The smallest absolute Gasteiger partial charge is 0.270 e. The lowest BCUT2D eigenvalue weighted by molar-refractivity contribution is -0.385. The van der Waals surface area contributed by atoms with E-state index in [0.29, 0.717) is 31.2 Å². The van der Waals surface area contributed by atoms with Crippen LogP contribution in [0, 0.1) is 16.0 Å². The number of non-ortho nitro benzene ring substituents is 1. The summed E-state index contributed by atoms with van der Waals surface area (Å²) >= 11 is 0. The first kappa shape index (κ1) is 15.2. The predicted molar refractivity (Wildman–Crippen MR) is 82.3 cm³/mol. The highest BCUT2D eigenvalue weighted by atomic mass is 32.2. The fraction of sp³-hybridized carbons (Fsp3) is 0.571. The van der Waals surface area contributed by atoms with Gasteiger partial charge in [-0.3, -0.25) is 10.1 Å². The largest absolute Gasteiger partial charge is 0.384 e. The van der Waals surface area contributed by atoms with E-state index in [-0.39, 0.29) is 10.6 Å². The minimum Gasteiger partial charge on any atom is -0.384 e. The molecule has 120 valence electrons. The van der Waals surface area contributed by atoms with Gasteiger partial charge in [0.15, 0.2) is 0 Å². The van der Waals surface area contributed by atoms with E-state index in [0.717, 1.165) is 25.7 Å². The molecule has 0 amide bonds. The molecule has 0 spiro atoms. The van der Waals surface area contributed by atoms with E-state index in [4.69, 9.17) is 0 Å². The summed E-state index contributed by atoms with van der Waals surface area (Å²) in [4.78, 5) is 10.4. The summed E-state index contributed by atoms with van der Waals surface area (Å²) in [7, 11) is -3.69. The van der Waals surface area contributed by atoms with Crippen molar-refractivity contribution in [2.75, 3.05) is 25.0 Å². The second kappa shape index (κ2) is 5.85. The van der Waals surface area contributed by atoms with Crippen molar-refractivity contribution in [1.29, 1.82) is 0 Å². The van der Waals surface area contributed by atoms with E-state index in [1.54, 1.807) is 0 Å². The second-order valence-corrected chi connectivity index (χ2v) is 7.78. The van der Waals surface area contributed by atoms with Gasteiger partial charge in [0, 0.05) is 31.8 Å². The van der Waals surface area contributed by atoms with E-state index in [1.807, 2.05) is 0 Å². The van der Waals surface area contributed by atoms with E-state index in [9.17, 15) is 18.5 Å². The Kier molecular flexibility index (Phi) is 4.05. The van der Waals surface area contributed by atoms with Crippen LogP contribution in [0.2, 0.25) is 0 Å². The van der Waals surface area contributed by atoms with E-state index in [1.165, 1.54) is 22.5 Å². The molecule has 0 atom stereocenters. The zero-order valence-corrected chi connectivity index (χ0v) is 13.0. The van der Waals surface area contributed by atoms with Gasteiger partial charge in [-0.05, 0) is 37.7 Å². The van der Waals surface area contributed by atoms with Gasteiger partial charge in [0.25, 0.3) is 5.69 Å². The van der Waals surface area contributed by atoms with E-state index < -0.39 is 14.9 Å². The number of hydrogen-bond acceptors (Lipinski definition) is 5. The summed E-state index contributed by atoms with van der Waals surface area (Å²) in [5.41, 5.74) is 0.263. The average Bonchev–Trinajstić information content (AvgIpc) is 3.14. The summed E-state index contributed by atoms with van der Waals surface area (Å²) < 4.78 is 26.9. The average molecular weight is 325 g/mol. The zero-order valence-electron chi connectivity index (χ0n) is 12.2. The van der Waals surface area contributed by atoms with Crippen LogP contribution in [0.4, 0.5) is 11.4 Å². The van der Waals surface area contributed by atoms with Crippen LogP contribution in [0.25, 0.3) is 0 Å². The normalized spacial score (nSPS) is 19.3. The number of sulfonamides is 1. The van der Waals surface area contributed by atoms with Crippen LogP contribution in [0.5, 0.6) is 0 Å². The molecule has 0 radical (unpaired) electrons. The third kappa shape index (κ3) is 3.07. The molecule has 1 N–H and O–H groups in total. The number of rotatable bonds is 6. The second-order valence-electron chi connectivity index (χ2n) is 5.87. The molecule has 2 fully saturated rings. The molecule has 1 aliphatic carbocycles. The van der Waals surface area contributed by atoms with Gasteiger partial charge in [0.05, 0.1) is 10.6 Å². The Hall–Kier alpha value is -1.67. The molecular weight excluding hydrogens is 306 g/mol. The van der Waals surface area contributed by atoms with Gasteiger partial charge in [-0.25, -0.2) is 8.42 Å². The van der Waals surface area contributed by atoms with Crippen molar-refractivity contribution in [3.63, 3.8) is 0 Å². The van der Waals surface area contributed by atoms with Gasteiger partial charge in [-0.2, -0.15) is 4.31 Å². The first-order valence-corrected chi connectivity index (χ1v) is 8.95. The molecule has 0 unspecified atom stereocenters. The van der Waals surface area contributed by atoms with Crippen LogP contribution in [-0.2, 0) is 10.0 Å². The van der Waals surface area contributed by atoms with Gasteiger partial charge < -0.3 is 5.32 Å². The van der Waals surface area contributed by atoms with Gasteiger partial charge in [-0.1, -0.05) is 0 Å². The first-order valence-electron chi connectivity index (χ1n) is 7.51. The maximum Gasteiger partial charge on any atom is 0.270 e. The van der Waals surface area contributed by atoms with Crippen molar-refractivity contribution in [2.45, 2.75) is 30.6 Å². The summed E-state index contributed by atoms with van der Waals surface area (Å²) in [5.74, 6) is 0.581. The van der Waals surface area contributed by atoms with Crippen molar-refractivity contribution >= 4 is 21.4 Å². The standard InChI is InChI=1S/C14H19N3O4S/c18-17(19)12-5-6-13(15-10-11-3-4-11)14(9-12)22(20,21)16-7-1-2-8-16/h5-6,9,11,15H,1-4,7-8,10H2. The van der Waals surface area contributed by atoms with Crippen molar-refractivity contribution in [3.05, 3.63) is 28.3 Å². The summed E-state index contributed by atoms with van der Waals surface area (Å²) in [6, 6.07) is 4.02. The van der Waals surface area contributed by atoms with Gasteiger partial charge >= 0.3 is 0 Å². The highest BCUT2D eigenvalue weighted by molar-refractivity contribution is 7.89. The maximum atomic E-state index is 12.8. The first-order chi connectivity index (χ1) is 10.5. The molecule has 1 saturated carbocycles. The van der Waals surface area contributed by atoms with E-state index in [2.05, 4.69) is 5.32 Å². The molecule has 7 nitrogen and oxygen atoms in total. The van der Waals surface area contributed by atoms with Gasteiger partial charge in [0.2, 0.25) is 10.0 Å². The fourth-order valence-corrected chi connectivity index (χ4v) is 4.33. The Labute approximate surface area is 129 Å². The number of hydrogen-bond donors (Lipinski definition) is 1. The highest BCUT2D eigenvalue weighted by Crippen LogP contribution is 2.33. The van der Waals surface area contributed by atoms with Crippen molar-refractivity contribution < 1.29 is 13.3 Å². The SMILES string of the molecule is O=[N+]([O-])c1ccc(NCC2CC2)c(S(=O)(=O)N2CCCC2)c1. The summed E-state index contributed by atoms with van der Waals surface area (Å²) in [6.07, 6.45) is 3.96. The third-order valence-electron chi connectivity index (χ3n) is 4.14. The maximum absolute atomic E-state index is 12.8. The monoisotopic (exact) mass is 325 g/mol. The van der Waals surface area contributed by atoms with Crippen LogP contribution in [0.15, 0.2) is 23.1 Å². The quantitative estimate of drug-likeness (QED) is 0.639. The summed E-state index contributed by atoms with van der Waals surface area (Å²) in [6.45, 7) is 1.67. The number of nitro benzene ring substituents is 1. The predicted octanol–water partition coefficient (Wildman–Crippen LogP) is 2.20. The van der Waals surface area contributed by atoms with E-state index >= 15 is 0 Å². The highest BCUT2D eigenvalue weighted by Gasteiger charge is 2.31. The molecule has 0 bridgehead atoms.